The lowest BCUT2D eigenvalue weighted by Crippen LogP contribution is -2.10. The third kappa shape index (κ3) is 32.6. The molecule has 0 fully saturated rings. The molecule has 4 nitrogen and oxygen atoms in total. The minimum atomic E-state index is -0.408. The number of methoxy groups -OCH3 is 1. The van der Waals surface area contributed by atoms with E-state index < -0.39 is 5.97 Å². The molecule has 0 aromatic carbocycles. The zero-order chi connectivity index (χ0) is 38.1. The predicted molar refractivity (Wildman–Crippen MR) is 227 cm³/mol. The molecule has 0 aromatic heterocycles. The fourth-order valence-corrected chi connectivity index (χ4v) is 5.42. The van der Waals surface area contributed by atoms with E-state index in [1.165, 1.54) is 90.2 Å². The molecule has 1 aliphatic rings. The largest absolute Gasteiger partial charge is 0.469 e. The Labute approximate surface area is 325 Å². The van der Waals surface area contributed by atoms with Crippen LogP contribution in [0.25, 0.3) is 0 Å². The van der Waals surface area contributed by atoms with Crippen LogP contribution in [0.3, 0.4) is 0 Å². The van der Waals surface area contributed by atoms with Gasteiger partial charge in [0.15, 0.2) is 0 Å². The molecule has 0 saturated carbocycles. The molecule has 0 aromatic rings. The normalized spacial score (nSPS) is 16.8. The lowest BCUT2D eigenvalue weighted by molar-refractivity contribution is -0.134. The van der Waals surface area contributed by atoms with Gasteiger partial charge in [0.1, 0.15) is 11.9 Å². The summed E-state index contributed by atoms with van der Waals surface area (Å²) in [5, 5.41) is 0. The summed E-state index contributed by atoms with van der Waals surface area (Å²) in [5.74, 6) is 6.75. The van der Waals surface area contributed by atoms with Crippen molar-refractivity contribution in [2.24, 2.45) is 0 Å². The lowest BCUT2D eigenvalue weighted by Gasteiger charge is -2.12. The second-order valence-electron chi connectivity index (χ2n) is 13.4. The van der Waals surface area contributed by atoms with E-state index in [4.69, 9.17) is 14.2 Å². The Hall–Kier alpha value is -3.77. The highest BCUT2D eigenvalue weighted by molar-refractivity contribution is 5.82. The van der Waals surface area contributed by atoms with Gasteiger partial charge in [-0.1, -0.05) is 126 Å². The summed E-state index contributed by atoms with van der Waals surface area (Å²) in [6.45, 7) is 5.13. The first kappa shape index (κ1) is 47.3. The number of esters is 1. The van der Waals surface area contributed by atoms with E-state index in [9.17, 15) is 4.79 Å². The van der Waals surface area contributed by atoms with E-state index in [1.54, 1.807) is 12.3 Å². The summed E-state index contributed by atoms with van der Waals surface area (Å²) in [6.07, 6.45) is 57.9. The fourth-order valence-electron chi connectivity index (χ4n) is 5.42. The van der Waals surface area contributed by atoms with Gasteiger partial charge in [0, 0.05) is 12.7 Å². The molecule has 0 radical (unpaired) electrons. The van der Waals surface area contributed by atoms with Crippen LogP contribution in [0.15, 0.2) is 114 Å². The third-order valence-corrected chi connectivity index (χ3v) is 8.58. The van der Waals surface area contributed by atoms with E-state index in [-0.39, 0.29) is 6.10 Å². The van der Waals surface area contributed by atoms with Crippen molar-refractivity contribution in [2.75, 3.05) is 13.7 Å². The number of carbonyl (C=O) groups is 1. The number of allylic oxidation sites excluding steroid dienone is 14. The van der Waals surface area contributed by atoms with Gasteiger partial charge in [-0.25, -0.2) is 4.79 Å². The Morgan fingerprint density at radius 3 is 2.06 bits per heavy atom. The second-order valence-corrected chi connectivity index (χ2v) is 13.4. The van der Waals surface area contributed by atoms with Crippen LogP contribution < -0.4 is 0 Å². The molecule has 0 aliphatic heterocycles. The van der Waals surface area contributed by atoms with Crippen molar-refractivity contribution in [1.82, 2.24) is 0 Å². The first-order valence-electron chi connectivity index (χ1n) is 20.8. The maximum atomic E-state index is 11.8. The standard InChI is InChI=1S/C49H72O4/c1-4-6-8-10-12-14-16-18-20-22-24-26-28-30-32-34-36-43-53-48-39-37-38-47(44-46(45-48)40-41-49(50)51-3)52-42-35-33-31-29-27-25-23-21-19-17-15-13-11-9-7-5-2/h13-16,19-21,24,26,28,35,40-42,44-45,48H,4-12,17-18,23,25,27,29-34,36,38,43H2,1-3H3/b15-13-,16-14-,21-19-,28-26+,41-40+,42-35+,46-45-,47-44+. The van der Waals surface area contributed by atoms with Gasteiger partial charge in [0.05, 0.1) is 19.8 Å². The Morgan fingerprint density at radius 2 is 1.36 bits per heavy atom. The molecular formula is C49H72O4. The van der Waals surface area contributed by atoms with E-state index >= 15 is 0 Å². The number of rotatable bonds is 32. The van der Waals surface area contributed by atoms with Crippen molar-refractivity contribution in [3.63, 3.8) is 0 Å². The van der Waals surface area contributed by atoms with Crippen molar-refractivity contribution in [3.8, 4) is 11.8 Å². The Bertz CT molecular complexity index is 1280. The molecule has 4 heteroatoms. The maximum Gasteiger partial charge on any atom is 0.330 e. The zero-order valence-electron chi connectivity index (χ0n) is 33.7. The van der Waals surface area contributed by atoms with E-state index in [1.807, 2.05) is 18.2 Å². The first-order chi connectivity index (χ1) is 26.2. The quantitative estimate of drug-likeness (QED) is 0.0101. The van der Waals surface area contributed by atoms with Crippen LogP contribution >= 0.6 is 0 Å². The molecule has 0 spiro atoms. The summed E-state index contributed by atoms with van der Waals surface area (Å²) >= 11 is 0. The average molecular weight is 725 g/mol. The summed E-state index contributed by atoms with van der Waals surface area (Å²) in [7, 11) is 1.37. The van der Waals surface area contributed by atoms with Crippen LogP contribution in [0.2, 0.25) is 0 Å². The van der Waals surface area contributed by atoms with Crippen molar-refractivity contribution in [2.45, 2.75) is 161 Å². The Kier molecular flexibility index (Phi) is 33.9. The summed E-state index contributed by atoms with van der Waals surface area (Å²) in [6, 6.07) is 0. The minimum Gasteiger partial charge on any atom is -0.469 e. The van der Waals surface area contributed by atoms with Crippen LogP contribution in [-0.4, -0.2) is 25.8 Å². The van der Waals surface area contributed by atoms with Crippen LogP contribution in [0.1, 0.15) is 155 Å². The molecule has 1 atom stereocenters. The zero-order valence-corrected chi connectivity index (χ0v) is 33.7. The van der Waals surface area contributed by atoms with Gasteiger partial charge in [0.2, 0.25) is 0 Å². The molecule has 0 saturated heterocycles. The average Bonchev–Trinajstić information content (AvgIpc) is 3.16. The molecule has 53 heavy (non-hydrogen) atoms. The Morgan fingerprint density at radius 1 is 0.755 bits per heavy atom. The maximum absolute atomic E-state index is 11.8. The van der Waals surface area contributed by atoms with Crippen LogP contribution in [0, 0.1) is 11.8 Å². The number of carbonyl (C=O) groups excluding carboxylic acids is 1. The summed E-state index contributed by atoms with van der Waals surface area (Å²) in [4.78, 5) is 11.8. The minimum absolute atomic E-state index is 0.346. The first-order valence-corrected chi connectivity index (χ1v) is 20.8. The van der Waals surface area contributed by atoms with Gasteiger partial charge in [-0.2, -0.15) is 0 Å². The van der Waals surface area contributed by atoms with Gasteiger partial charge >= 0.3 is 5.97 Å². The third-order valence-electron chi connectivity index (χ3n) is 8.58. The van der Waals surface area contributed by atoms with E-state index in [0.717, 1.165) is 69.1 Å². The van der Waals surface area contributed by atoms with Gasteiger partial charge in [-0.3, -0.25) is 0 Å². The van der Waals surface area contributed by atoms with Crippen LogP contribution in [0.5, 0.6) is 0 Å². The molecule has 292 valence electrons. The lowest BCUT2D eigenvalue weighted by atomic mass is 10.1. The SMILES string of the molecule is CCCCC/C=C\C/C=C\CCCCCC/C=C/O/C1=C/C(/C=C/C(=O)OC)=C\C(OCCCCC/C=C/C=C=CC/C=C\CCCCCC)C#CC1. The van der Waals surface area contributed by atoms with Crippen LogP contribution in [0.4, 0.5) is 0 Å². The molecule has 0 N–H and O–H groups in total. The van der Waals surface area contributed by atoms with Gasteiger partial charge in [-0.05, 0) is 125 Å². The molecule has 1 unspecified atom stereocenters. The molecule has 0 amide bonds. The molecule has 0 bridgehead atoms. The highest BCUT2D eigenvalue weighted by Gasteiger charge is 2.08. The number of ether oxygens (including phenoxy) is 3. The van der Waals surface area contributed by atoms with Crippen molar-refractivity contribution in [1.29, 1.82) is 0 Å². The van der Waals surface area contributed by atoms with Crippen molar-refractivity contribution in [3.05, 3.63) is 114 Å². The predicted octanol–water partition coefficient (Wildman–Crippen LogP) is 14.0. The van der Waals surface area contributed by atoms with Gasteiger partial charge in [0.25, 0.3) is 0 Å². The van der Waals surface area contributed by atoms with Crippen molar-refractivity contribution < 1.29 is 19.0 Å². The monoisotopic (exact) mass is 725 g/mol. The van der Waals surface area contributed by atoms with E-state index in [2.05, 4.69) is 92.2 Å². The summed E-state index contributed by atoms with van der Waals surface area (Å²) < 4.78 is 16.8. The molecule has 1 aliphatic carbocycles. The van der Waals surface area contributed by atoms with Gasteiger partial charge < -0.3 is 14.2 Å². The van der Waals surface area contributed by atoms with E-state index in [0.29, 0.717) is 13.0 Å². The summed E-state index contributed by atoms with van der Waals surface area (Å²) in [5.41, 5.74) is 4.04. The second kappa shape index (κ2) is 38.0. The topological polar surface area (TPSA) is 44.8 Å². The van der Waals surface area contributed by atoms with Gasteiger partial charge in [-0.15, -0.1) is 5.73 Å². The fraction of sp³-hybridized carbons (Fsp3) is 0.551. The highest BCUT2D eigenvalue weighted by atomic mass is 16.5. The highest BCUT2D eigenvalue weighted by Crippen LogP contribution is 2.16. The Balaban J connectivity index is 2.34. The molecular weight excluding hydrogens is 653 g/mol. The molecule has 1 rings (SSSR count). The van der Waals surface area contributed by atoms with Crippen LogP contribution in [-0.2, 0) is 19.0 Å². The number of unbranched alkanes of at least 4 members (excludes halogenated alkanes) is 15. The molecule has 0 heterocycles. The number of hydrogen-bond acceptors (Lipinski definition) is 4. The number of hydrogen-bond donors (Lipinski definition) is 0. The van der Waals surface area contributed by atoms with Crippen molar-refractivity contribution >= 4 is 5.97 Å². The smallest absolute Gasteiger partial charge is 0.330 e.